The molecule has 6 heteroatoms. The molecule has 0 aromatic carbocycles. The van der Waals surface area contributed by atoms with E-state index in [0.29, 0.717) is 12.3 Å². The highest BCUT2D eigenvalue weighted by molar-refractivity contribution is 7.17. The first-order valence-electron chi connectivity index (χ1n) is 4.29. The van der Waals surface area contributed by atoms with Crippen LogP contribution in [0.4, 0.5) is 5.13 Å². The lowest BCUT2D eigenvalue weighted by atomic mass is 10.1. The zero-order valence-corrected chi connectivity index (χ0v) is 8.21. The molecule has 5 nitrogen and oxygen atoms in total. The van der Waals surface area contributed by atoms with Crippen molar-refractivity contribution in [2.45, 2.75) is 18.9 Å². The molecule has 2 heterocycles. The summed E-state index contributed by atoms with van der Waals surface area (Å²) in [6.07, 6.45) is 1.58. The number of nitrogens with zero attached hydrogens (tertiary/aromatic N) is 1. The Labute approximate surface area is 84.5 Å². The normalized spacial score (nSPS) is 21.3. The van der Waals surface area contributed by atoms with E-state index in [0.717, 1.165) is 24.2 Å². The molecule has 0 bridgehead atoms. The number of rotatable bonds is 2. The predicted molar refractivity (Wildman–Crippen MR) is 51.4 cm³/mol. The standard InChI is InChI=1S/C8H10N2O3S/c9-8-10-5(4-2-1-3-13-4)6(14-8)7(11)12/h4H,1-3H2,(H2,9,10)(H,11,12). The van der Waals surface area contributed by atoms with Gasteiger partial charge in [-0.15, -0.1) is 0 Å². The summed E-state index contributed by atoms with van der Waals surface area (Å²) in [5, 5.41) is 9.18. The quantitative estimate of drug-likeness (QED) is 0.774. The number of hydrogen-bond donors (Lipinski definition) is 2. The van der Waals surface area contributed by atoms with Crippen LogP contribution in [0, 0.1) is 0 Å². The highest BCUT2D eigenvalue weighted by Crippen LogP contribution is 2.33. The van der Waals surface area contributed by atoms with E-state index in [-0.39, 0.29) is 16.1 Å². The zero-order valence-electron chi connectivity index (χ0n) is 7.40. The van der Waals surface area contributed by atoms with Gasteiger partial charge < -0.3 is 15.6 Å². The van der Waals surface area contributed by atoms with Gasteiger partial charge in [-0.2, -0.15) is 0 Å². The highest BCUT2D eigenvalue weighted by Gasteiger charge is 2.27. The highest BCUT2D eigenvalue weighted by atomic mass is 32.1. The lowest BCUT2D eigenvalue weighted by Gasteiger charge is -2.05. The van der Waals surface area contributed by atoms with Crippen LogP contribution >= 0.6 is 11.3 Å². The molecule has 0 aliphatic carbocycles. The van der Waals surface area contributed by atoms with Gasteiger partial charge in [0.2, 0.25) is 0 Å². The molecule has 0 saturated carbocycles. The van der Waals surface area contributed by atoms with Gasteiger partial charge in [-0.25, -0.2) is 9.78 Å². The fourth-order valence-electron chi connectivity index (χ4n) is 1.51. The summed E-state index contributed by atoms with van der Waals surface area (Å²) < 4.78 is 5.37. The average molecular weight is 214 g/mol. The molecule has 1 aromatic heterocycles. The summed E-state index contributed by atoms with van der Waals surface area (Å²) in [7, 11) is 0. The Morgan fingerprint density at radius 1 is 1.71 bits per heavy atom. The molecule has 1 atom stereocenters. The second-order valence-corrected chi connectivity index (χ2v) is 4.10. The van der Waals surface area contributed by atoms with Gasteiger partial charge in [0.05, 0.1) is 5.69 Å². The molecule has 1 aliphatic rings. The van der Waals surface area contributed by atoms with Crippen molar-refractivity contribution in [2.24, 2.45) is 0 Å². The maximum absolute atomic E-state index is 10.9. The third kappa shape index (κ3) is 1.58. The topological polar surface area (TPSA) is 85.4 Å². The number of carboxylic acid groups (broad SMARTS) is 1. The van der Waals surface area contributed by atoms with Gasteiger partial charge in [-0.1, -0.05) is 11.3 Å². The summed E-state index contributed by atoms with van der Waals surface area (Å²) in [4.78, 5) is 15.1. The number of nitrogen functional groups attached to an aromatic ring is 1. The SMILES string of the molecule is Nc1nc(C2CCCO2)c(C(=O)O)s1. The number of thiazole rings is 1. The number of aromatic carboxylic acids is 1. The number of carbonyl (C=O) groups is 1. The van der Waals surface area contributed by atoms with Crippen molar-refractivity contribution < 1.29 is 14.6 Å². The Morgan fingerprint density at radius 3 is 3.07 bits per heavy atom. The molecule has 1 unspecified atom stereocenters. The predicted octanol–water partition coefficient (Wildman–Crippen LogP) is 1.27. The van der Waals surface area contributed by atoms with Crippen LogP contribution in [0.3, 0.4) is 0 Å². The van der Waals surface area contributed by atoms with E-state index in [4.69, 9.17) is 15.6 Å². The summed E-state index contributed by atoms with van der Waals surface area (Å²) >= 11 is 0.996. The molecule has 0 radical (unpaired) electrons. The van der Waals surface area contributed by atoms with Crippen LogP contribution < -0.4 is 5.73 Å². The van der Waals surface area contributed by atoms with Crippen molar-refractivity contribution in [1.82, 2.24) is 4.98 Å². The number of carboxylic acids is 1. The minimum absolute atomic E-state index is 0.186. The average Bonchev–Trinajstić information content (AvgIpc) is 2.70. The molecule has 76 valence electrons. The van der Waals surface area contributed by atoms with Gasteiger partial charge in [-0.05, 0) is 12.8 Å². The van der Waals surface area contributed by atoms with Crippen LogP contribution in [0.15, 0.2) is 0 Å². The number of aromatic nitrogens is 1. The molecule has 1 fully saturated rings. The van der Waals surface area contributed by atoms with Crippen molar-refractivity contribution in [3.63, 3.8) is 0 Å². The molecular weight excluding hydrogens is 204 g/mol. The van der Waals surface area contributed by atoms with Crippen molar-refractivity contribution in [3.8, 4) is 0 Å². The van der Waals surface area contributed by atoms with Gasteiger partial charge in [0.25, 0.3) is 0 Å². The molecule has 1 saturated heterocycles. The van der Waals surface area contributed by atoms with E-state index in [1.807, 2.05) is 0 Å². The monoisotopic (exact) mass is 214 g/mol. The lowest BCUT2D eigenvalue weighted by molar-refractivity contribution is 0.0686. The summed E-state index contributed by atoms with van der Waals surface area (Å²) in [5.74, 6) is -0.982. The van der Waals surface area contributed by atoms with E-state index in [2.05, 4.69) is 4.98 Å². The zero-order chi connectivity index (χ0) is 10.1. The van der Waals surface area contributed by atoms with Gasteiger partial charge in [0, 0.05) is 6.61 Å². The fraction of sp³-hybridized carbons (Fsp3) is 0.500. The van der Waals surface area contributed by atoms with Crippen molar-refractivity contribution in [1.29, 1.82) is 0 Å². The minimum Gasteiger partial charge on any atom is -0.477 e. The summed E-state index contributed by atoms with van der Waals surface area (Å²) in [6, 6.07) is 0. The van der Waals surface area contributed by atoms with Crippen LogP contribution in [-0.4, -0.2) is 22.7 Å². The number of ether oxygens (including phenoxy) is 1. The van der Waals surface area contributed by atoms with E-state index in [1.165, 1.54) is 0 Å². The molecule has 3 N–H and O–H groups in total. The third-order valence-corrected chi connectivity index (χ3v) is 2.99. The summed E-state index contributed by atoms with van der Waals surface area (Å²) in [6.45, 7) is 0.668. The molecule has 14 heavy (non-hydrogen) atoms. The molecule has 2 rings (SSSR count). The van der Waals surface area contributed by atoms with Crippen molar-refractivity contribution >= 4 is 22.4 Å². The first-order chi connectivity index (χ1) is 6.68. The fourth-order valence-corrected chi connectivity index (χ4v) is 2.24. The van der Waals surface area contributed by atoms with Crippen LogP contribution in [0.2, 0.25) is 0 Å². The minimum atomic E-state index is -0.982. The van der Waals surface area contributed by atoms with Gasteiger partial charge in [-0.3, -0.25) is 0 Å². The Balaban J connectivity index is 2.35. The Bertz CT molecular complexity index is 357. The van der Waals surface area contributed by atoms with E-state index < -0.39 is 5.97 Å². The van der Waals surface area contributed by atoms with Crippen LogP contribution in [0.5, 0.6) is 0 Å². The first-order valence-corrected chi connectivity index (χ1v) is 5.11. The van der Waals surface area contributed by atoms with Gasteiger partial charge in [0.15, 0.2) is 5.13 Å². The van der Waals surface area contributed by atoms with Crippen LogP contribution in [0.25, 0.3) is 0 Å². The first kappa shape index (κ1) is 9.42. The van der Waals surface area contributed by atoms with Crippen molar-refractivity contribution in [2.75, 3.05) is 12.3 Å². The Kier molecular flexibility index (Phi) is 2.39. The molecule has 0 amide bonds. The van der Waals surface area contributed by atoms with Crippen LogP contribution in [0.1, 0.15) is 34.3 Å². The summed E-state index contributed by atoms with van der Waals surface area (Å²) in [5.41, 5.74) is 5.96. The number of hydrogen-bond acceptors (Lipinski definition) is 5. The smallest absolute Gasteiger partial charge is 0.347 e. The van der Waals surface area contributed by atoms with E-state index in [9.17, 15) is 4.79 Å². The second-order valence-electron chi connectivity index (χ2n) is 3.07. The maximum Gasteiger partial charge on any atom is 0.347 e. The van der Waals surface area contributed by atoms with Gasteiger partial charge in [0.1, 0.15) is 11.0 Å². The lowest BCUT2D eigenvalue weighted by Crippen LogP contribution is -2.04. The maximum atomic E-state index is 10.9. The molecular formula is C8H10N2O3S. The van der Waals surface area contributed by atoms with Crippen molar-refractivity contribution in [3.05, 3.63) is 10.6 Å². The third-order valence-electron chi connectivity index (χ3n) is 2.10. The molecule has 1 aromatic rings. The largest absolute Gasteiger partial charge is 0.477 e. The second kappa shape index (κ2) is 3.55. The number of anilines is 1. The molecule has 1 aliphatic heterocycles. The number of nitrogens with two attached hydrogens (primary N) is 1. The van der Waals surface area contributed by atoms with E-state index >= 15 is 0 Å². The van der Waals surface area contributed by atoms with Gasteiger partial charge >= 0.3 is 5.97 Å². The Morgan fingerprint density at radius 2 is 2.50 bits per heavy atom. The molecule has 0 spiro atoms. The van der Waals surface area contributed by atoms with Crippen LogP contribution in [-0.2, 0) is 4.74 Å². The Hall–Kier alpha value is -1.14. The van der Waals surface area contributed by atoms with E-state index in [1.54, 1.807) is 0 Å².